The van der Waals surface area contributed by atoms with Crippen molar-refractivity contribution in [2.75, 3.05) is 69.9 Å². The van der Waals surface area contributed by atoms with E-state index in [2.05, 4.69) is 25.8 Å². The molecule has 3 N–H and O–H groups in total. The van der Waals surface area contributed by atoms with Gasteiger partial charge >= 0.3 is 6.01 Å². The van der Waals surface area contributed by atoms with Crippen LogP contribution in [0.25, 0.3) is 32.2 Å². The number of methoxy groups -OCH3 is 1. The van der Waals surface area contributed by atoms with E-state index >= 15 is 8.78 Å². The number of benzene rings is 1. The second kappa shape index (κ2) is 14.7. The number of anilines is 2. The summed E-state index contributed by atoms with van der Waals surface area (Å²) in [7, 11) is -1.91. The third-order valence-corrected chi connectivity index (χ3v) is 13.5. The number of nitrogen functional groups attached to an aromatic ring is 1. The number of thiophene rings is 1. The maximum absolute atomic E-state index is 17.6. The quantitative estimate of drug-likeness (QED) is 0.240. The van der Waals surface area contributed by atoms with Gasteiger partial charge < -0.3 is 29.6 Å². The molecule has 5 fully saturated rings. The van der Waals surface area contributed by atoms with Crippen LogP contribution in [0.1, 0.15) is 55.2 Å². The van der Waals surface area contributed by atoms with Crippen LogP contribution in [0.15, 0.2) is 6.20 Å². The summed E-state index contributed by atoms with van der Waals surface area (Å²) in [4.78, 5) is 21.7. The molecule has 1 aromatic carbocycles. The summed E-state index contributed by atoms with van der Waals surface area (Å²) in [5.74, 6) is -0.584. The van der Waals surface area contributed by atoms with Crippen molar-refractivity contribution in [3.05, 3.63) is 34.5 Å². The maximum Gasteiger partial charge on any atom is 0.319 e. The molecule has 19 heteroatoms. The van der Waals surface area contributed by atoms with Crippen molar-refractivity contribution in [3.63, 3.8) is 0 Å². The van der Waals surface area contributed by atoms with E-state index in [1.165, 1.54) is 0 Å². The average Bonchev–Trinajstić information content (AvgIpc) is 3.96. The smallest absolute Gasteiger partial charge is 0.319 e. The summed E-state index contributed by atoms with van der Waals surface area (Å²) in [6.07, 6.45) is 8.18. The molecule has 6 aliphatic heterocycles. The van der Waals surface area contributed by atoms with E-state index in [1.54, 1.807) is 7.11 Å². The van der Waals surface area contributed by atoms with Gasteiger partial charge in [0.25, 0.3) is 10.1 Å². The minimum Gasteiger partial charge on any atom is -0.461 e. The van der Waals surface area contributed by atoms with Gasteiger partial charge in [-0.2, -0.15) is 23.6 Å². The number of hydrogen-bond acceptors (Lipinski definition) is 15. The number of hydrogen-bond donors (Lipinski definition) is 2. The number of fused-ring (bicyclic) bond motifs is 7. The molecule has 57 heavy (non-hydrogen) atoms. The highest BCUT2D eigenvalue weighted by molar-refractivity contribution is 7.85. The Labute approximate surface area is 332 Å². The Morgan fingerprint density at radius 3 is 2.56 bits per heavy atom. The van der Waals surface area contributed by atoms with Crippen molar-refractivity contribution < 1.29 is 40.7 Å². The Kier molecular flexibility index (Phi) is 10.00. The fourth-order valence-electron chi connectivity index (χ4n) is 9.90. The summed E-state index contributed by atoms with van der Waals surface area (Å²) in [6, 6.07) is 2.57. The molecule has 304 valence electrons. The minimum absolute atomic E-state index is 0.0783. The van der Waals surface area contributed by atoms with Crippen LogP contribution < -0.4 is 15.4 Å². The van der Waals surface area contributed by atoms with Gasteiger partial charge in [-0.25, -0.2) is 8.78 Å². The largest absolute Gasteiger partial charge is 0.461 e. The molecule has 0 amide bonds. The molecule has 2 unspecified atom stereocenters. The van der Waals surface area contributed by atoms with Crippen molar-refractivity contribution in [2.45, 2.75) is 81.6 Å². The highest BCUT2D eigenvalue weighted by atomic mass is 32.2. The molecule has 6 aliphatic rings. The van der Waals surface area contributed by atoms with Crippen molar-refractivity contribution in [1.82, 2.24) is 24.8 Å². The number of aromatic nitrogens is 3. The lowest BCUT2D eigenvalue weighted by Gasteiger charge is -2.44. The van der Waals surface area contributed by atoms with Crippen LogP contribution in [0.3, 0.4) is 0 Å². The van der Waals surface area contributed by atoms with Gasteiger partial charge in [0.05, 0.1) is 64.8 Å². The van der Waals surface area contributed by atoms with E-state index in [1.807, 2.05) is 0 Å². The zero-order chi connectivity index (χ0) is 39.8. The first-order chi connectivity index (χ1) is 27.4. The summed E-state index contributed by atoms with van der Waals surface area (Å²) in [6.45, 7) is 6.01. The lowest BCUT2D eigenvalue weighted by Crippen LogP contribution is -2.56. The number of ether oxygens (including phenoxy) is 4. The van der Waals surface area contributed by atoms with Gasteiger partial charge in [-0.3, -0.25) is 19.3 Å². The third kappa shape index (κ3) is 6.87. The molecule has 5 atom stereocenters. The molecule has 10 rings (SSSR count). The predicted octanol–water partition coefficient (Wildman–Crippen LogP) is 4.25. The van der Waals surface area contributed by atoms with Gasteiger partial charge in [-0.15, -0.1) is 11.3 Å². The SMILES string of the molecule is CO[C@H]1CN2CCC[C@@]2(COc2nc(N3C4CCC3CN(C[C@H]3CCO3)C4)c3c4c(c(-c5ncc(F)c6sc(N)c(C#N)c56)c(F)c3n2)COC4)C1.CS(=O)(=O)O. The van der Waals surface area contributed by atoms with Crippen molar-refractivity contribution in [2.24, 2.45) is 0 Å². The zero-order valence-corrected chi connectivity index (χ0v) is 33.3. The summed E-state index contributed by atoms with van der Waals surface area (Å²) < 4.78 is 82.9. The number of halogens is 2. The summed E-state index contributed by atoms with van der Waals surface area (Å²) >= 11 is 0.958. The third-order valence-electron chi connectivity index (χ3n) is 12.4. The highest BCUT2D eigenvalue weighted by Gasteiger charge is 2.50. The van der Waals surface area contributed by atoms with Gasteiger partial charge in [-0.1, -0.05) is 0 Å². The van der Waals surface area contributed by atoms with E-state index < -0.39 is 21.8 Å². The molecular formula is C38H44F2N8O7S2. The van der Waals surface area contributed by atoms with Gasteiger partial charge in [0.2, 0.25) is 0 Å². The van der Waals surface area contributed by atoms with Crippen LogP contribution in [0.2, 0.25) is 0 Å². The van der Waals surface area contributed by atoms with Crippen LogP contribution in [0.5, 0.6) is 6.01 Å². The van der Waals surface area contributed by atoms with Crippen LogP contribution >= 0.6 is 11.3 Å². The molecule has 5 saturated heterocycles. The number of nitriles is 1. The Morgan fingerprint density at radius 2 is 1.88 bits per heavy atom. The monoisotopic (exact) mass is 826 g/mol. The first-order valence-electron chi connectivity index (χ1n) is 19.2. The van der Waals surface area contributed by atoms with Gasteiger partial charge in [-0.05, 0) is 56.2 Å². The zero-order valence-electron chi connectivity index (χ0n) is 31.7. The van der Waals surface area contributed by atoms with Crippen molar-refractivity contribution in [3.8, 4) is 23.3 Å². The van der Waals surface area contributed by atoms with Crippen LogP contribution in [-0.4, -0.2) is 127 Å². The van der Waals surface area contributed by atoms with E-state index in [-0.39, 0.29) is 86.5 Å². The van der Waals surface area contributed by atoms with E-state index in [9.17, 15) is 13.7 Å². The molecule has 15 nitrogen and oxygen atoms in total. The number of nitrogens with zero attached hydrogens (tertiary/aromatic N) is 7. The molecule has 0 aliphatic carbocycles. The second-order valence-electron chi connectivity index (χ2n) is 16.0. The minimum atomic E-state index is -3.67. The number of nitrogens with two attached hydrogens (primary N) is 1. The van der Waals surface area contributed by atoms with Crippen LogP contribution in [-0.2, 0) is 37.5 Å². The van der Waals surface area contributed by atoms with Gasteiger partial charge in [0.15, 0.2) is 11.6 Å². The standard InChI is InChI=1S/C37H40F2N8O4S.CH4O3S/c1-48-22-9-37(6-2-7-46(37)15-22)18-51-36-43-32-29(35(44-36)47-19-3-4-20(47)13-45(12-19)14-21-5-8-50-21)25-17-49-16-24(25)27(30(32)39)31-28-23(10-40)34(41)52-33(28)26(38)11-42-31;1-5(2,3)4/h11,19-22H,2-9,12-18,41H2,1H3;1H3,(H,2,3,4)/t19?,20?,21-,22-,37+;/m1./s1. The fourth-order valence-corrected chi connectivity index (χ4v) is 10.8. The number of rotatable bonds is 8. The van der Waals surface area contributed by atoms with E-state index in [0.29, 0.717) is 29.6 Å². The first kappa shape index (κ1) is 38.6. The molecule has 0 saturated carbocycles. The Bertz CT molecular complexity index is 2390. The fraction of sp³-hybridized carbons (Fsp3) is 0.579. The topological polar surface area (TPSA) is 189 Å². The van der Waals surface area contributed by atoms with Crippen molar-refractivity contribution in [1.29, 1.82) is 5.26 Å². The van der Waals surface area contributed by atoms with Gasteiger partial charge in [0, 0.05) is 62.9 Å². The second-order valence-corrected chi connectivity index (χ2v) is 18.5. The molecule has 0 spiro atoms. The summed E-state index contributed by atoms with van der Waals surface area (Å²) in [5.41, 5.74) is 7.83. The molecule has 4 aromatic rings. The van der Waals surface area contributed by atoms with Gasteiger partial charge in [0.1, 0.15) is 29.0 Å². The normalized spacial score (nSPS) is 27.0. The molecule has 0 radical (unpaired) electrons. The van der Waals surface area contributed by atoms with E-state index in [4.69, 9.17) is 39.2 Å². The predicted molar refractivity (Wildman–Crippen MR) is 208 cm³/mol. The molecule has 9 heterocycles. The number of pyridine rings is 1. The average molecular weight is 827 g/mol. The molecular weight excluding hydrogens is 783 g/mol. The lowest BCUT2D eigenvalue weighted by atomic mass is 9.93. The lowest BCUT2D eigenvalue weighted by molar-refractivity contribution is -0.0687. The summed E-state index contributed by atoms with van der Waals surface area (Å²) in [5, 5.41) is 11.0. The maximum atomic E-state index is 17.6. The van der Waals surface area contributed by atoms with Crippen LogP contribution in [0, 0.1) is 23.0 Å². The number of likely N-dealkylation sites (tertiary alicyclic amines) is 1. The highest BCUT2D eigenvalue weighted by Crippen LogP contribution is 2.48. The van der Waals surface area contributed by atoms with E-state index in [0.717, 1.165) is 101 Å². The number of piperazine rings is 1. The first-order valence-corrected chi connectivity index (χ1v) is 21.9. The Balaban J connectivity index is 0.000000798. The molecule has 3 aromatic heterocycles. The Hall–Kier alpha value is -3.87. The van der Waals surface area contributed by atoms with Crippen LogP contribution in [0.4, 0.5) is 19.6 Å². The van der Waals surface area contributed by atoms with Crippen molar-refractivity contribution >= 4 is 53.3 Å². The Morgan fingerprint density at radius 1 is 1.14 bits per heavy atom. The molecule has 2 bridgehead atoms.